The molecule has 0 unspecified atom stereocenters. The van der Waals surface area contributed by atoms with Crippen molar-refractivity contribution in [3.63, 3.8) is 0 Å². The van der Waals surface area contributed by atoms with E-state index in [9.17, 15) is 9.59 Å². The van der Waals surface area contributed by atoms with Gasteiger partial charge in [-0.25, -0.2) is 4.98 Å². The largest absolute Gasteiger partial charge is 0.491 e. The molecule has 0 aliphatic rings. The maximum Gasteiger partial charge on any atom is 0.306 e. The fourth-order valence-corrected chi connectivity index (χ4v) is 3.40. The SMILES string of the molecule is CC(=O)O.COc1cc2sc(C(=O)CCC(=O)OC(C)(C)C)cc2[nH+]c1CCO. The average Bonchev–Trinajstić information content (AvgIpc) is 3.00. The van der Waals surface area contributed by atoms with E-state index in [2.05, 4.69) is 4.98 Å². The second-order valence-corrected chi connectivity index (χ2v) is 8.29. The lowest BCUT2D eigenvalue weighted by Crippen LogP contribution is -2.24. The van der Waals surface area contributed by atoms with Gasteiger partial charge in [0.15, 0.2) is 11.5 Å². The van der Waals surface area contributed by atoms with Crippen LogP contribution in [0.5, 0.6) is 5.75 Å². The van der Waals surface area contributed by atoms with Crippen molar-refractivity contribution in [1.29, 1.82) is 0 Å². The Morgan fingerprint density at radius 1 is 1.17 bits per heavy atom. The minimum absolute atomic E-state index is 0.00415. The van der Waals surface area contributed by atoms with Crippen molar-refractivity contribution in [2.75, 3.05) is 13.7 Å². The number of H-pyrrole nitrogens is 1. The molecule has 0 aliphatic heterocycles. The number of carboxylic acids is 1. The fraction of sp³-hybridized carbons (Fsp3) is 0.500. The van der Waals surface area contributed by atoms with Crippen LogP contribution in [0.3, 0.4) is 0 Å². The lowest BCUT2D eigenvalue weighted by molar-refractivity contribution is -0.359. The summed E-state index contributed by atoms with van der Waals surface area (Å²) in [5.41, 5.74) is 1.05. The van der Waals surface area contributed by atoms with E-state index in [1.54, 1.807) is 33.9 Å². The van der Waals surface area contributed by atoms with Gasteiger partial charge in [-0.1, -0.05) is 0 Å². The van der Waals surface area contributed by atoms with Crippen molar-refractivity contribution in [3.05, 3.63) is 22.7 Å². The van der Waals surface area contributed by atoms with Gasteiger partial charge in [0.25, 0.3) is 5.97 Å². The van der Waals surface area contributed by atoms with Crippen molar-refractivity contribution >= 4 is 39.3 Å². The molecule has 2 rings (SSSR count). The maximum atomic E-state index is 12.4. The van der Waals surface area contributed by atoms with Gasteiger partial charge < -0.3 is 19.7 Å². The number of aliphatic carboxylic acids is 1. The van der Waals surface area contributed by atoms with Crippen LogP contribution >= 0.6 is 11.3 Å². The lowest BCUT2D eigenvalue weighted by atomic mass is 10.1. The number of aliphatic hydroxyl groups is 1. The monoisotopic (exact) mass is 426 g/mol. The molecule has 0 aliphatic carbocycles. The van der Waals surface area contributed by atoms with E-state index in [-0.39, 0.29) is 31.2 Å². The first kappa shape index (κ1) is 24.5. The molecule has 2 heterocycles. The number of aromatic nitrogens is 1. The van der Waals surface area contributed by atoms with Crippen molar-refractivity contribution < 1.29 is 39.1 Å². The van der Waals surface area contributed by atoms with Crippen molar-refractivity contribution in [2.24, 2.45) is 0 Å². The van der Waals surface area contributed by atoms with E-state index < -0.39 is 11.6 Å². The highest BCUT2D eigenvalue weighted by Gasteiger charge is 2.21. The minimum atomic E-state index is -0.833. The molecule has 29 heavy (non-hydrogen) atoms. The highest BCUT2D eigenvalue weighted by atomic mass is 32.1. The normalized spacial score (nSPS) is 10.8. The van der Waals surface area contributed by atoms with E-state index >= 15 is 0 Å². The standard InChI is InChI=1S/C18H23NO5S.C2H4O2/c1-18(2,3)24-17(22)6-5-13(21)16-9-12-15(25-16)10-14(23-4)11(19-12)7-8-20;1-2(3)4/h9-10,20H,5-8H2,1-4H3;1H3,(H,3,4)/p+1. The number of aromatic amines is 1. The molecule has 0 amide bonds. The first-order valence-electron chi connectivity index (χ1n) is 9.05. The number of nitrogens with one attached hydrogen (secondary N) is 1. The van der Waals surface area contributed by atoms with Crippen LogP contribution in [0.4, 0.5) is 0 Å². The summed E-state index contributed by atoms with van der Waals surface area (Å²) >= 11 is 1.35. The van der Waals surface area contributed by atoms with Gasteiger partial charge in [0.05, 0.1) is 31.4 Å². The Bertz CT molecular complexity index is 864. The number of ketones is 1. The number of hydrogen-bond donors (Lipinski definition) is 2. The van der Waals surface area contributed by atoms with E-state index in [1.807, 2.05) is 6.07 Å². The van der Waals surface area contributed by atoms with Crippen molar-refractivity contribution in [1.82, 2.24) is 0 Å². The number of methoxy groups -OCH3 is 1. The van der Waals surface area contributed by atoms with Gasteiger partial charge in [0, 0.05) is 25.5 Å². The number of fused-ring (bicyclic) bond motifs is 1. The van der Waals surface area contributed by atoms with Gasteiger partial charge in [0.1, 0.15) is 10.3 Å². The number of carbonyl (C=O) groups is 3. The van der Waals surface area contributed by atoms with Crippen LogP contribution in [0.1, 0.15) is 55.9 Å². The first-order valence-corrected chi connectivity index (χ1v) is 9.86. The molecular formula is C20H28NO7S+. The van der Waals surface area contributed by atoms with Crippen LogP contribution in [-0.4, -0.2) is 47.3 Å². The Balaban J connectivity index is 0.000000960. The number of carboxylic acid groups (broad SMARTS) is 1. The number of rotatable bonds is 7. The van der Waals surface area contributed by atoms with Gasteiger partial charge >= 0.3 is 5.97 Å². The number of thiophene rings is 1. The second kappa shape index (κ2) is 10.9. The van der Waals surface area contributed by atoms with E-state index in [4.69, 9.17) is 24.5 Å². The predicted molar refractivity (Wildman–Crippen MR) is 108 cm³/mol. The van der Waals surface area contributed by atoms with Gasteiger partial charge in [-0.3, -0.25) is 14.4 Å². The molecule has 9 heteroatoms. The van der Waals surface area contributed by atoms with Crippen molar-refractivity contribution in [2.45, 2.75) is 52.6 Å². The lowest BCUT2D eigenvalue weighted by Gasteiger charge is -2.19. The van der Waals surface area contributed by atoms with E-state index in [0.717, 1.165) is 22.8 Å². The van der Waals surface area contributed by atoms with Gasteiger partial charge in [-0.05, 0) is 20.8 Å². The third-order valence-corrected chi connectivity index (χ3v) is 4.56. The zero-order valence-electron chi connectivity index (χ0n) is 17.3. The molecule has 0 aromatic carbocycles. The van der Waals surface area contributed by atoms with E-state index in [1.165, 1.54) is 11.3 Å². The number of aliphatic hydroxyl groups excluding tert-OH is 1. The van der Waals surface area contributed by atoms with Crippen LogP contribution in [0.25, 0.3) is 10.2 Å². The third-order valence-electron chi connectivity index (χ3n) is 3.44. The zero-order chi connectivity index (χ0) is 22.2. The number of carbonyl (C=O) groups excluding carboxylic acids is 2. The van der Waals surface area contributed by atoms with Crippen molar-refractivity contribution in [3.8, 4) is 5.75 Å². The smallest absolute Gasteiger partial charge is 0.306 e. The molecule has 0 bridgehead atoms. The van der Waals surface area contributed by atoms with Crippen LogP contribution in [0.15, 0.2) is 12.1 Å². The molecule has 0 saturated heterocycles. The molecule has 0 fully saturated rings. The van der Waals surface area contributed by atoms with Gasteiger partial charge in [-0.15, -0.1) is 11.3 Å². The number of esters is 1. The zero-order valence-corrected chi connectivity index (χ0v) is 18.1. The molecule has 0 spiro atoms. The molecule has 0 atom stereocenters. The summed E-state index contributed by atoms with van der Waals surface area (Å²) in [6.45, 7) is 6.48. The third kappa shape index (κ3) is 8.57. The van der Waals surface area contributed by atoms with Gasteiger partial charge in [0.2, 0.25) is 11.2 Å². The number of hydrogen-bond acceptors (Lipinski definition) is 7. The summed E-state index contributed by atoms with van der Waals surface area (Å²) < 4.78 is 11.4. The summed E-state index contributed by atoms with van der Waals surface area (Å²) in [5.74, 6) is -0.653. The molecule has 160 valence electrons. The highest BCUT2D eigenvalue weighted by molar-refractivity contribution is 7.20. The predicted octanol–water partition coefficient (Wildman–Crippen LogP) is 2.65. The average molecular weight is 427 g/mol. The summed E-state index contributed by atoms with van der Waals surface area (Å²) in [5, 5.41) is 16.6. The Morgan fingerprint density at radius 2 is 1.79 bits per heavy atom. The molecular weight excluding hydrogens is 398 g/mol. The quantitative estimate of drug-likeness (QED) is 0.515. The summed E-state index contributed by atoms with van der Waals surface area (Å²) in [4.78, 5) is 36.9. The molecule has 0 radical (unpaired) electrons. The minimum Gasteiger partial charge on any atom is -0.491 e. The molecule has 2 aromatic heterocycles. The van der Waals surface area contributed by atoms with Crippen LogP contribution in [0.2, 0.25) is 0 Å². The first-order chi connectivity index (χ1) is 13.5. The van der Waals surface area contributed by atoms with E-state index in [0.29, 0.717) is 17.0 Å². The van der Waals surface area contributed by atoms with Crippen LogP contribution < -0.4 is 9.72 Å². The van der Waals surface area contributed by atoms with Crippen LogP contribution in [0, 0.1) is 0 Å². The van der Waals surface area contributed by atoms with Gasteiger partial charge in [-0.2, -0.15) is 0 Å². The number of Topliss-reactive ketones (excluding diaryl/α,β-unsaturated/α-hetero) is 1. The topological polar surface area (TPSA) is 124 Å². The maximum absolute atomic E-state index is 12.4. The number of ether oxygens (including phenoxy) is 2. The number of pyridine rings is 1. The highest BCUT2D eigenvalue weighted by Crippen LogP contribution is 2.28. The summed E-state index contributed by atoms with van der Waals surface area (Å²) in [7, 11) is 1.57. The van der Waals surface area contributed by atoms with Crippen LogP contribution in [-0.2, 0) is 20.7 Å². The second-order valence-electron chi connectivity index (χ2n) is 7.21. The molecule has 3 N–H and O–H groups in total. The molecule has 2 aromatic rings. The Kier molecular flexibility index (Phi) is 9.19. The Morgan fingerprint density at radius 3 is 2.31 bits per heavy atom. The summed E-state index contributed by atoms with van der Waals surface area (Å²) in [6, 6.07) is 3.63. The molecule has 8 nitrogen and oxygen atoms in total. The Hall–Kier alpha value is -2.52. The summed E-state index contributed by atoms with van der Waals surface area (Å²) in [6.07, 6.45) is 0.617. The fourth-order valence-electron chi connectivity index (χ4n) is 2.39. The Labute approximate surface area is 173 Å². The molecule has 0 saturated carbocycles.